The zero-order chi connectivity index (χ0) is 16.4. The Kier molecular flexibility index (Phi) is 4.37. The molecule has 23 heavy (non-hydrogen) atoms. The van der Waals surface area contributed by atoms with Crippen LogP contribution in [-0.2, 0) is 18.4 Å². The molecule has 5 heteroatoms. The molecule has 1 heterocycles. The Labute approximate surface area is 139 Å². The second-order valence-electron chi connectivity index (χ2n) is 5.35. The summed E-state index contributed by atoms with van der Waals surface area (Å²) in [6.45, 7) is 0.507. The number of hydrogen-bond acceptors (Lipinski definition) is 2. The van der Waals surface area contributed by atoms with Crippen molar-refractivity contribution < 1.29 is 9.53 Å². The monoisotopic (exact) mass is 328 g/mol. The molecule has 1 aromatic heterocycles. The van der Waals surface area contributed by atoms with Crippen LogP contribution >= 0.6 is 11.6 Å². The second-order valence-corrected chi connectivity index (χ2v) is 5.76. The molecule has 0 atom stereocenters. The SMILES string of the molecule is COCc1cccc(NC(=O)c2cc3c(Cl)cccc3n2C)c1. The quantitative estimate of drug-likeness (QED) is 0.778. The molecule has 4 nitrogen and oxygen atoms in total. The Morgan fingerprint density at radius 1 is 1.22 bits per heavy atom. The van der Waals surface area contributed by atoms with Crippen molar-refractivity contribution in [2.24, 2.45) is 7.05 Å². The van der Waals surface area contributed by atoms with Gasteiger partial charge in [0.25, 0.3) is 5.91 Å². The number of aryl methyl sites for hydroxylation is 1. The van der Waals surface area contributed by atoms with Crippen molar-refractivity contribution >= 4 is 34.1 Å². The highest BCUT2D eigenvalue weighted by Crippen LogP contribution is 2.26. The van der Waals surface area contributed by atoms with Crippen LogP contribution in [0.4, 0.5) is 5.69 Å². The van der Waals surface area contributed by atoms with Gasteiger partial charge < -0.3 is 14.6 Å². The highest BCUT2D eigenvalue weighted by Gasteiger charge is 2.15. The van der Waals surface area contributed by atoms with Crippen molar-refractivity contribution in [1.82, 2.24) is 4.57 Å². The molecule has 0 unspecified atom stereocenters. The Bertz CT molecular complexity index is 871. The summed E-state index contributed by atoms with van der Waals surface area (Å²) in [5.41, 5.74) is 3.23. The fraction of sp³-hybridized carbons (Fsp3) is 0.167. The van der Waals surface area contributed by atoms with E-state index in [2.05, 4.69) is 5.32 Å². The number of nitrogens with zero attached hydrogens (tertiary/aromatic N) is 1. The van der Waals surface area contributed by atoms with Gasteiger partial charge in [-0.1, -0.05) is 29.8 Å². The van der Waals surface area contributed by atoms with Gasteiger partial charge in [0, 0.05) is 35.8 Å². The number of fused-ring (bicyclic) bond motifs is 1. The predicted molar refractivity (Wildman–Crippen MR) is 93.0 cm³/mol. The van der Waals surface area contributed by atoms with E-state index in [0.717, 1.165) is 22.2 Å². The number of ether oxygens (including phenoxy) is 1. The number of methoxy groups -OCH3 is 1. The first-order chi connectivity index (χ1) is 11.1. The van der Waals surface area contributed by atoms with Gasteiger partial charge in [-0.25, -0.2) is 0 Å². The summed E-state index contributed by atoms with van der Waals surface area (Å²) in [5.74, 6) is -0.172. The van der Waals surface area contributed by atoms with Gasteiger partial charge in [0.2, 0.25) is 0 Å². The lowest BCUT2D eigenvalue weighted by molar-refractivity contribution is 0.101. The van der Waals surface area contributed by atoms with Crippen LogP contribution in [0.5, 0.6) is 0 Å². The molecule has 0 aliphatic heterocycles. The van der Waals surface area contributed by atoms with Crippen molar-refractivity contribution in [1.29, 1.82) is 0 Å². The summed E-state index contributed by atoms with van der Waals surface area (Å²) in [4.78, 5) is 12.6. The Morgan fingerprint density at radius 2 is 2.00 bits per heavy atom. The fourth-order valence-corrected chi connectivity index (χ4v) is 2.87. The summed E-state index contributed by atoms with van der Waals surface area (Å²) >= 11 is 6.20. The maximum atomic E-state index is 12.6. The van der Waals surface area contributed by atoms with Gasteiger partial charge in [-0.2, -0.15) is 0 Å². The summed E-state index contributed by atoms with van der Waals surface area (Å²) in [6, 6.07) is 15.0. The van der Waals surface area contributed by atoms with E-state index in [-0.39, 0.29) is 5.91 Å². The van der Waals surface area contributed by atoms with Crippen LogP contribution in [0.2, 0.25) is 5.02 Å². The predicted octanol–water partition coefficient (Wildman–Crippen LogP) is 4.23. The van der Waals surface area contributed by atoms with E-state index in [9.17, 15) is 4.79 Å². The maximum Gasteiger partial charge on any atom is 0.272 e. The molecule has 0 radical (unpaired) electrons. The molecule has 0 spiro atoms. The lowest BCUT2D eigenvalue weighted by Crippen LogP contribution is -2.15. The standard InChI is InChI=1S/C18H17ClN2O2/c1-21-16-8-4-7-15(19)14(16)10-17(21)18(22)20-13-6-3-5-12(9-13)11-23-2/h3-10H,11H2,1-2H3,(H,20,22). The molecule has 0 aliphatic carbocycles. The largest absolute Gasteiger partial charge is 0.380 e. The molecule has 0 fully saturated rings. The van der Waals surface area contributed by atoms with Gasteiger partial charge in [-0.15, -0.1) is 0 Å². The van der Waals surface area contributed by atoms with Crippen LogP contribution < -0.4 is 5.32 Å². The number of carbonyl (C=O) groups is 1. The van der Waals surface area contributed by atoms with E-state index < -0.39 is 0 Å². The Morgan fingerprint density at radius 3 is 2.74 bits per heavy atom. The van der Waals surface area contributed by atoms with Gasteiger partial charge in [0.1, 0.15) is 5.69 Å². The minimum Gasteiger partial charge on any atom is -0.380 e. The van der Waals surface area contributed by atoms with Crippen LogP contribution in [-0.4, -0.2) is 17.6 Å². The van der Waals surface area contributed by atoms with Gasteiger partial charge in [0.05, 0.1) is 6.61 Å². The number of amides is 1. The molecule has 2 aromatic carbocycles. The number of nitrogens with one attached hydrogen (secondary N) is 1. The summed E-state index contributed by atoms with van der Waals surface area (Å²) in [6.07, 6.45) is 0. The average molecular weight is 329 g/mol. The molecular weight excluding hydrogens is 312 g/mol. The number of rotatable bonds is 4. The van der Waals surface area contributed by atoms with E-state index >= 15 is 0 Å². The fourth-order valence-electron chi connectivity index (χ4n) is 2.64. The van der Waals surface area contributed by atoms with Crippen LogP contribution in [0.1, 0.15) is 16.1 Å². The highest BCUT2D eigenvalue weighted by molar-refractivity contribution is 6.35. The van der Waals surface area contributed by atoms with Gasteiger partial charge >= 0.3 is 0 Å². The maximum absolute atomic E-state index is 12.6. The van der Waals surface area contributed by atoms with Crippen molar-refractivity contribution in [3.8, 4) is 0 Å². The molecule has 3 aromatic rings. The first-order valence-corrected chi connectivity index (χ1v) is 7.61. The van der Waals surface area contributed by atoms with Gasteiger partial charge in [0.15, 0.2) is 0 Å². The molecule has 0 saturated heterocycles. The molecule has 0 bridgehead atoms. The van der Waals surface area contributed by atoms with Crippen molar-refractivity contribution in [3.05, 3.63) is 64.8 Å². The van der Waals surface area contributed by atoms with Crippen LogP contribution in [0.3, 0.4) is 0 Å². The van der Waals surface area contributed by atoms with E-state index in [1.807, 2.05) is 60.1 Å². The van der Waals surface area contributed by atoms with E-state index in [1.54, 1.807) is 7.11 Å². The highest BCUT2D eigenvalue weighted by atomic mass is 35.5. The smallest absolute Gasteiger partial charge is 0.272 e. The molecule has 0 saturated carbocycles. The number of halogens is 1. The molecule has 118 valence electrons. The molecule has 1 amide bonds. The molecule has 3 rings (SSSR count). The molecule has 0 aliphatic rings. The number of anilines is 1. The third-order valence-corrected chi connectivity index (χ3v) is 4.09. The van der Waals surface area contributed by atoms with Gasteiger partial charge in [-0.05, 0) is 35.9 Å². The summed E-state index contributed by atoms with van der Waals surface area (Å²) in [7, 11) is 3.50. The minimum absolute atomic E-state index is 0.172. The normalized spacial score (nSPS) is 10.9. The van der Waals surface area contributed by atoms with E-state index in [4.69, 9.17) is 16.3 Å². The Balaban J connectivity index is 1.90. The molecule has 1 N–H and O–H groups in total. The van der Waals surface area contributed by atoms with E-state index in [0.29, 0.717) is 17.3 Å². The van der Waals surface area contributed by atoms with Gasteiger partial charge in [-0.3, -0.25) is 4.79 Å². The zero-order valence-electron chi connectivity index (χ0n) is 13.0. The number of hydrogen-bond donors (Lipinski definition) is 1. The van der Waals surface area contributed by atoms with Crippen LogP contribution in [0.25, 0.3) is 10.9 Å². The number of benzene rings is 2. The van der Waals surface area contributed by atoms with E-state index in [1.165, 1.54) is 0 Å². The lowest BCUT2D eigenvalue weighted by Gasteiger charge is -2.08. The second kappa shape index (κ2) is 6.44. The summed E-state index contributed by atoms with van der Waals surface area (Å²) < 4.78 is 6.96. The first-order valence-electron chi connectivity index (χ1n) is 7.23. The van der Waals surface area contributed by atoms with Crippen LogP contribution in [0, 0.1) is 0 Å². The Hall–Kier alpha value is -2.30. The third kappa shape index (κ3) is 3.09. The minimum atomic E-state index is -0.172. The number of aromatic nitrogens is 1. The third-order valence-electron chi connectivity index (χ3n) is 3.76. The van der Waals surface area contributed by atoms with Crippen molar-refractivity contribution in [2.45, 2.75) is 6.61 Å². The summed E-state index contributed by atoms with van der Waals surface area (Å²) in [5, 5.41) is 4.43. The first kappa shape index (κ1) is 15.6. The average Bonchev–Trinajstić information content (AvgIpc) is 2.87. The van der Waals surface area contributed by atoms with Crippen LogP contribution in [0.15, 0.2) is 48.5 Å². The zero-order valence-corrected chi connectivity index (χ0v) is 13.7. The molecular formula is C18H17ClN2O2. The van der Waals surface area contributed by atoms with Crippen molar-refractivity contribution in [3.63, 3.8) is 0 Å². The lowest BCUT2D eigenvalue weighted by atomic mass is 10.2. The van der Waals surface area contributed by atoms with Crippen molar-refractivity contribution in [2.75, 3.05) is 12.4 Å². The topological polar surface area (TPSA) is 43.3 Å². The number of carbonyl (C=O) groups excluding carboxylic acids is 1.